The summed E-state index contributed by atoms with van der Waals surface area (Å²) in [5.74, 6) is 0.929. The van der Waals surface area contributed by atoms with Crippen LogP contribution < -0.4 is 5.73 Å². The van der Waals surface area contributed by atoms with Crippen LogP contribution >= 0.6 is 0 Å². The van der Waals surface area contributed by atoms with Crippen molar-refractivity contribution in [3.8, 4) is 0 Å². The fourth-order valence-corrected chi connectivity index (χ4v) is 3.41. The van der Waals surface area contributed by atoms with Crippen LogP contribution in [0.4, 0.5) is 0 Å². The van der Waals surface area contributed by atoms with Gasteiger partial charge in [-0.2, -0.15) is 0 Å². The van der Waals surface area contributed by atoms with Gasteiger partial charge < -0.3 is 5.73 Å². The van der Waals surface area contributed by atoms with Crippen LogP contribution in [0.2, 0.25) is 0 Å². The maximum absolute atomic E-state index is 6.09. The molecule has 0 aromatic carbocycles. The average Bonchev–Trinajstić information content (AvgIpc) is 2.86. The van der Waals surface area contributed by atoms with E-state index in [1.807, 2.05) is 0 Å². The first-order valence-corrected chi connectivity index (χ1v) is 7.01. The van der Waals surface area contributed by atoms with Crippen LogP contribution in [-0.2, 0) is 0 Å². The van der Waals surface area contributed by atoms with E-state index in [1.165, 1.54) is 45.2 Å². The highest BCUT2D eigenvalue weighted by Crippen LogP contribution is 2.56. The molecule has 1 aliphatic carbocycles. The van der Waals surface area contributed by atoms with Crippen LogP contribution in [0.15, 0.2) is 0 Å². The van der Waals surface area contributed by atoms with Gasteiger partial charge in [-0.05, 0) is 50.5 Å². The first kappa shape index (κ1) is 12.4. The van der Waals surface area contributed by atoms with Crippen molar-refractivity contribution in [2.75, 3.05) is 19.6 Å². The monoisotopic (exact) mass is 224 g/mol. The predicted molar refractivity (Wildman–Crippen MR) is 69.4 cm³/mol. The molecule has 2 heteroatoms. The van der Waals surface area contributed by atoms with E-state index in [0.29, 0.717) is 5.41 Å². The first-order chi connectivity index (χ1) is 7.55. The van der Waals surface area contributed by atoms with Crippen LogP contribution in [0.1, 0.15) is 52.9 Å². The van der Waals surface area contributed by atoms with Crippen LogP contribution in [-0.4, -0.2) is 30.1 Å². The van der Waals surface area contributed by atoms with Crippen molar-refractivity contribution in [2.45, 2.75) is 58.4 Å². The molecule has 94 valence electrons. The highest BCUT2D eigenvalue weighted by molar-refractivity contribution is 5.10. The lowest BCUT2D eigenvalue weighted by Crippen LogP contribution is -2.56. The van der Waals surface area contributed by atoms with Gasteiger partial charge >= 0.3 is 0 Å². The van der Waals surface area contributed by atoms with Gasteiger partial charge in [-0.15, -0.1) is 0 Å². The second-order valence-electron chi connectivity index (χ2n) is 6.43. The van der Waals surface area contributed by atoms with E-state index >= 15 is 0 Å². The third-order valence-electron chi connectivity index (χ3n) is 5.38. The Morgan fingerprint density at radius 1 is 1.44 bits per heavy atom. The van der Waals surface area contributed by atoms with E-state index < -0.39 is 0 Å². The summed E-state index contributed by atoms with van der Waals surface area (Å²) in [5, 5.41) is 0. The van der Waals surface area contributed by atoms with Crippen molar-refractivity contribution in [1.82, 2.24) is 4.90 Å². The summed E-state index contributed by atoms with van der Waals surface area (Å²) < 4.78 is 0. The van der Waals surface area contributed by atoms with Crippen LogP contribution in [0, 0.1) is 11.3 Å². The zero-order valence-corrected chi connectivity index (χ0v) is 11.3. The number of hydrogen-bond donors (Lipinski definition) is 1. The number of nitrogens with zero attached hydrogens (tertiary/aromatic N) is 1. The molecular formula is C14H28N2. The van der Waals surface area contributed by atoms with Gasteiger partial charge in [0.05, 0.1) is 0 Å². The lowest BCUT2D eigenvalue weighted by molar-refractivity contribution is 0.0667. The molecule has 1 saturated heterocycles. The van der Waals surface area contributed by atoms with Crippen molar-refractivity contribution < 1.29 is 0 Å². The summed E-state index contributed by atoms with van der Waals surface area (Å²) >= 11 is 0. The molecule has 2 rings (SSSR count). The SMILES string of the molecule is CCCC1CCN(C(C)(CN)C2(C)CC2)C1. The van der Waals surface area contributed by atoms with Crippen LogP contribution in [0.3, 0.4) is 0 Å². The molecule has 1 heterocycles. The van der Waals surface area contributed by atoms with Gasteiger partial charge in [0, 0.05) is 18.6 Å². The van der Waals surface area contributed by atoms with Crippen molar-refractivity contribution >= 4 is 0 Å². The molecule has 0 aromatic heterocycles. The van der Waals surface area contributed by atoms with E-state index in [1.54, 1.807) is 0 Å². The molecule has 1 saturated carbocycles. The Morgan fingerprint density at radius 2 is 2.12 bits per heavy atom. The molecule has 2 atom stereocenters. The van der Waals surface area contributed by atoms with Gasteiger partial charge in [0.1, 0.15) is 0 Å². The molecule has 0 amide bonds. The summed E-state index contributed by atoms with van der Waals surface area (Å²) in [6, 6.07) is 0. The molecule has 0 spiro atoms. The fraction of sp³-hybridized carbons (Fsp3) is 1.00. The summed E-state index contributed by atoms with van der Waals surface area (Å²) in [6.07, 6.45) is 6.85. The van der Waals surface area contributed by atoms with Crippen molar-refractivity contribution in [2.24, 2.45) is 17.1 Å². The molecule has 0 aromatic rings. The van der Waals surface area contributed by atoms with Gasteiger partial charge in [0.25, 0.3) is 0 Å². The molecule has 2 fully saturated rings. The van der Waals surface area contributed by atoms with Crippen LogP contribution in [0.25, 0.3) is 0 Å². The lowest BCUT2D eigenvalue weighted by Gasteiger charge is -2.43. The topological polar surface area (TPSA) is 29.3 Å². The van der Waals surface area contributed by atoms with Gasteiger partial charge in [0.15, 0.2) is 0 Å². The molecule has 1 aliphatic heterocycles. The van der Waals surface area contributed by atoms with E-state index in [2.05, 4.69) is 25.7 Å². The second-order valence-corrected chi connectivity index (χ2v) is 6.43. The lowest BCUT2D eigenvalue weighted by atomic mass is 9.82. The average molecular weight is 224 g/mol. The minimum Gasteiger partial charge on any atom is -0.329 e. The van der Waals surface area contributed by atoms with Gasteiger partial charge in [-0.1, -0.05) is 20.3 Å². The third kappa shape index (κ3) is 1.91. The molecule has 16 heavy (non-hydrogen) atoms. The summed E-state index contributed by atoms with van der Waals surface area (Å²) in [5.41, 5.74) is 6.85. The maximum atomic E-state index is 6.09. The highest BCUT2D eigenvalue weighted by atomic mass is 15.2. The Bertz CT molecular complexity index is 247. The third-order valence-corrected chi connectivity index (χ3v) is 5.38. The van der Waals surface area contributed by atoms with Gasteiger partial charge in [-0.3, -0.25) is 4.90 Å². The largest absolute Gasteiger partial charge is 0.329 e. The predicted octanol–water partition coefficient (Wildman–Crippen LogP) is 2.63. The first-order valence-electron chi connectivity index (χ1n) is 7.01. The van der Waals surface area contributed by atoms with E-state index in [-0.39, 0.29) is 5.54 Å². The Balaban J connectivity index is 2.01. The molecular weight excluding hydrogens is 196 g/mol. The molecule has 0 bridgehead atoms. The minimum absolute atomic E-state index is 0.259. The molecule has 2 aliphatic rings. The maximum Gasteiger partial charge on any atom is 0.0357 e. The Hall–Kier alpha value is -0.0800. The Morgan fingerprint density at radius 3 is 2.62 bits per heavy atom. The molecule has 2 N–H and O–H groups in total. The fourth-order valence-electron chi connectivity index (χ4n) is 3.41. The van der Waals surface area contributed by atoms with Crippen LogP contribution in [0.5, 0.6) is 0 Å². The number of rotatable bonds is 5. The van der Waals surface area contributed by atoms with E-state index in [4.69, 9.17) is 5.73 Å². The van der Waals surface area contributed by atoms with Crippen molar-refractivity contribution in [1.29, 1.82) is 0 Å². The summed E-state index contributed by atoms with van der Waals surface area (Å²) in [7, 11) is 0. The Kier molecular flexibility index (Phi) is 3.33. The Labute approximate surface area is 101 Å². The number of nitrogens with two attached hydrogens (primary N) is 1. The minimum atomic E-state index is 0.259. The number of likely N-dealkylation sites (tertiary alicyclic amines) is 1. The summed E-state index contributed by atoms with van der Waals surface area (Å²) in [4.78, 5) is 2.69. The highest BCUT2D eigenvalue weighted by Gasteiger charge is 2.55. The second kappa shape index (κ2) is 4.30. The molecule has 0 radical (unpaired) electrons. The summed E-state index contributed by atoms with van der Waals surface area (Å²) in [6.45, 7) is 10.5. The van der Waals surface area contributed by atoms with Crippen molar-refractivity contribution in [3.05, 3.63) is 0 Å². The van der Waals surface area contributed by atoms with E-state index in [9.17, 15) is 0 Å². The van der Waals surface area contributed by atoms with Gasteiger partial charge in [0.2, 0.25) is 0 Å². The zero-order chi connectivity index (χ0) is 11.8. The van der Waals surface area contributed by atoms with Gasteiger partial charge in [-0.25, -0.2) is 0 Å². The van der Waals surface area contributed by atoms with Crippen molar-refractivity contribution in [3.63, 3.8) is 0 Å². The molecule has 2 nitrogen and oxygen atoms in total. The zero-order valence-electron chi connectivity index (χ0n) is 11.3. The normalized spacial score (nSPS) is 32.6. The standard InChI is InChI=1S/C14H28N2/c1-4-5-12-6-9-16(10-12)14(3,11-15)13(2)7-8-13/h12H,4-11,15H2,1-3H3. The van der Waals surface area contributed by atoms with E-state index in [0.717, 1.165) is 12.5 Å². The number of hydrogen-bond acceptors (Lipinski definition) is 2. The quantitative estimate of drug-likeness (QED) is 0.778. The molecule has 2 unspecified atom stereocenters. The smallest absolute Gasteiger partial charge is 0.0357 e.